The van der Waals surface area contributed by atoms with Crippen molar-refractivity contribution in [2.45, 2.75) is 32.5 Å². The summed E-state index contributed by atoms with van der Waals surface area (Å²) in [5.74, 6) is 0. The minimum atomic E-state index is -0.514. The van der Waals surface area contributed by atoms with Crippen LogP contribution in [0.15, 0.2) is 12.4 Å². The highest BCUT2D eigenvalue weighted by Gasteiger charge is 2.13. The van der Waals surface area contributed by atoms with Crippen LogP contribution in [-0.2, 0) is 11.8 Å². The summed E-state index contributed by atoms with van der Waals surface area (Å²) in [5, 5.41) is 16.8. The van der Waals surface area contributed by atoms with Crippen molar-refractivity contribution in [2.75, 3.05) is 18.5 Å². The van der Waals surface area contributed by atoms with Crippen molar-refractivity contribution in [1.82, 2.24) is 9.78 Å². The Hall–Kier alpha value is -1.07. The number of nitrogens with zero attached hydrogens (tertiary/aromatic N) is 2. The first kappa shape index (κ1) is 13.0. The van der Waals surface area contributed by atoms with E-state index in [4.69, 9.17) is 4.74 Å². The molecule has 5 heteroatoms. The van der Waals surface area contributed by atoms with Crippen LogP contribution in [0.4, 0.5) is 5.69 Å². The van der Waals surface area contributed by atoms with Gasteiger partial charge in [0.15, 0.2) is 0 Å². The van der Waals surface area contributed by atoms with E-state index in [1.165, 1.54) is 0 Å². The first-order chi connectivity index (χ1) is 7.37. The molecule has 0 amide bonds. The number of hydrogen-bond donors (Lipinski definition) is 2. The van der Waals surface area contributed by atoms with Crippen molar-refractivity contribution >= 4 is 5.69 Å². The van der Waals surface area contributed by atoms with Crippen molar-refractivity contribution in [2.24, 2.45) is 7.05 Å². The molecule has 1 atom stereocenters. The van der Waals surface area contributed by atoms with Gasteiger partial charge in [0.2, 0.25) is 0 Å². The number of aryl methyl sites for hydroxylation is 1. The zero-order valence-corrected chi connectivity index (χ0v) is 10.4. The molecule has 0 saturated heterocycles. The average Bonchev–Trinajstić information content (AvgIpc) is 2.57. The molecule has 16 heavy (non-hydrogen) atoms. The van der Waals surface area contributed by atoms with Gasteiger partial charge in [-0.05, 0) is 20.8 Å². The van der Waals surface area contributed by atoms with Gasteiger partial charge in [-0.2, -0.15) is 5.10 Å². The lowest BCUT2D eigenvalue weighted by atomic mass is 10.2. The Morgan fingerprint density at radius 2 is 2.25 bits per heavy atom. The van der Waals surface area contributed by atoms with E-state index in [-0.39, 0.29) is 5.60 Å². The normalized spacial score (nSPS) is 13.8. The SMILES string of the molecule is Cn1cc(NCC(O)COC(C)(C)C)cn1. The van der Waals surface area contributed by atoms with Gasteiger partial charge in [0.1, 0.15) is 0 Å². The van der Waals surface area contributed by atoms with Crippen molar-refractivity contribution in [3.05, 3.63) is 12.4 Å². The number of rotatable bonds is 5. The Bertz CT molecular complexity index is 317. The summed E-state index contributed by atoms with van der Waals surface area (Å²) in [4.78, 5) is 0. The van der Waals surface area contributed by atoms with Crippen LogP contribution in [0.2, 0.25) is 0 Å². The predicted molar refractivity (Wildman–Crippen MR) is 63.4 cm³/mol. The Morgan fingerprint density at radius 3 is 2.75 bits per heavy atom. The molecule has 0 aliphatic carbocycles. The molecular formula is C11H21N3O2. The van der Waals surface area contributed by atoms with Crippen LogP contribution >= 0.6 is 0 Å². The quantitative estimate of drug-likeness (QED) is 0.788. The lowest BCUT2D eigenvalue weighted by molar-refractivity contribution is -0.0449. The van der Waals surface area contributed by atoms with Gasteiger partial charge < -0.3 is 15.2 Å². The molecule has 0 saturated carbocycles. The maximum atomic E-state index is 9.67. The summed E-state index contributed by atoms with van der Waals surface area (Å²) in [5.41, 5.74) is 0.687. The highest BCUT2D eigenvalue weighted by Crippen LogP contribution is 2.08. The molecule has 1 unspecified atom stereocenters. The molecule has 5 nitrogen and oxygen atoms in total. The first-order valence-corrected chi connectivity index (χ1v) is 5.41. The molecule has 0 aliphatic rings. The van der Waals surface area contributed by atoms with Gasteiger partial charge in [0.05, 0.1) is 30.2 Å². The van der Waals surface area contributed by atoms with Crippen molar-refractivity contribution in [1.29, 1.82) is 0 Å². The summed E-state index contributed by atoms with van der Waals surface area (Å²) in [6.07, 6.45) is 3.06. The summed E-state index contributed by atoms with van der Waals surface area (Å²) in [7, 11) is 1.85. The molecule has 2 N–H and O–H groups in total. The second kappa shape index (κ2) is 5.32. The van der Waals surface area contributed by atoms with Gasteiger partial charge in [0, 0.05) is 19.8 Å². The molecule has 0 spiro atoms. The van der Waals surface area contributed by atoms with E-state index in [1.807, 2.05) is 34.0 Å². The summed E-state index contributed by atoms with van der Waals surface area (Å²) in [6.45, 7) is 6.69. The third-order valence-corrected chi connectivity index (χ3v) is 1.96. The molecule has 0 bridgehead atoms. The first-order valence-electron chi connectivity index (χ1n) is 5.41. The predicted octanol–water partition coefficient (Wildman–Crippen LogP) is 1.01. The van der Waals surface area contributed by atoms with Gasteiger partial charge >= 0.3 is 0 Å². The van der Waals surface area contributed by atoms with E-state index in [0.717, 1.165) is 5.69 Å². The second-order valence-corrected chi connectivity index (χ2v) is 4.86. The number of aliphatic hydroxyl groups is 1. The Kier molecular flexibility index (Phi) is 4.32. The smallest absolute Gasteiger partial charge is 0.0945 e. The van der Waals surface area contributed by atoms with Crippen molar-refractivity contribution < 1.29 is 9.84 Å². The zero-order valence-electron chi connectivity index (χ0n) is 10.4. The highest BCUT2D eigenvalue weighted by atomic mass is 16.5. The fraction of sp³-hybridized carbons (Fsp3) is 0.727. The molecule has 0 aromatic carbocycles. The summed E-state index contributed by atoms with van der Waals surface area (Å²) < 4.78 is 7.18. The third-order valence-electron chi connectivity index (χ3n) is 1.96. The molecule has 0 radical (unpaired) electrons. The number of ether oxygens (including phenoxy) is 1. The minimum Gasteiger partial charge on any atom is -0.389 e. The minimum absolute atomic E-state index is 0.213. The van der Waals surface area contributed by atoms with E-state index in [2.05, 4.69) is 10.4 Å². The number of aromatic nitrogens is 2. The van der Waals surface area contributed by atoms with Gasteiger partial charge in [-0.3, -0.25) is 4.68 Å². The zero-order chi connectivity index (χ0) is 12.2. The Morgan fingerprint density at radius 1 is 1.56 bits per heavy atom. The lowest BCUT2D eigenvalue weighted by Gasteiger charge is -2.22. The fourth-order valence-corrected chi connectivity index (χ4v) is 1.15. The molecule has 1 aromatic rings. The Labute approximate surface area is 96.4 Å². The highest BCUT2D eigenvalue weighted by molar-refractivity contribution is 5.37. The lowest BCUT2D eigenvalue weighted by Crippen LogP contribution is -2.30. The number of aliphatic hydroxyl groups excluding tert-OH is 1. The molecule has 0 aliphatic heterocycles. The van der Waals surface area contributed by atoms with Crippen LogP contribution in [0.25, 0.3) is 0 Å². The van der Waals surface area contributed by atoms with Gasteiger partial charge in [-0.25, -0.2) is 0 Å². The Balaban J connectivity index is 2.22. The van der Waals surface area contributed by atoms with E-state index in [9.17, 15) is 5.11 Å². The molecule has 1 heterocycles. The topological polar surface area (TPSA) is 59.3 Å². The van der Waals surface area contributed by atoms with Crippen LogP contribution < -0.4 is 5.32 Å². The van der Waals surface area contributed by atoms with Crippen LogP contribution in [0.1, 0.15) is 20.8 Å². The second-order valence-electron chi connectivity index (χ2n) is 4.86. The maximum absolute atomic E-state index is 9.67. The van der Waals surface area contributed by atoms with Gasteiger partial charge in [0.25, 0.3) is 0 Å². The van der Waals surface area contributed by atoms with E-state index in [0.29, 0.717) is 13.2 Å². The standard InChI is InChI=1S/C11H21N3O2/c1-11(2,3)16-8-10(15)6-12-9-5-13-14(4)7-9/h5,7,10,12,15H,6,8H2,1-4H3. The van der Waals surface area contributed by atoms with Gasteiger partial charge in [-0.1, -0.05) is 0 Å². The van der Waals surface area contributed by atoms with Crippen LogP contribution in [0.3, 0.4) is 0 Å². The van der Waals surface area contributed by atoms with E-state index < -0.39 is 6.10 Å². The maximum Gasteiger partial charge on any atom is 0.0945 e. The van der Waals surface area contributed by atoms with Gasteiger partial charge in [-0.15, -0.1) is 0 Å². The number of hydrogen-bond acceptors (Lipinski definition) is 4. The van der Waals surface area contributed by atoms with Crippen LogP contribution in [-0.4, -0.2) is 39.7 Å². The monoisotopic (exact) mass is 227 g/mol. The largest absolute Gasteiger partial charge is 0.389 e. The van der Waals surface area contributed by atoms with Crippen molar-refractivity contribution in [3.8, 4) is 0 Å². The van der Waals surface area contributed by atoms with E-state index >= 15 is 0 Å². The summed E-state index contributed by atoms with van der Waals surface area (Å²) >= 11 is 0. The summed E-state index contributed by atoms with van der Waals surface area (Å²) in [6, 6.07) is 0. The fourth-order valence-electron chi connectivity index (χ4n) is 1.15. The molecule has 0 fully saturated rings. The average molecular weight is 227 g/mol. The molecule has 1 aromatic heterocycles. The third kappa shape index (κ3) is 5.14. The molecule has 92 valence electrons. The number of nitrogens with one attached hydrogen (secondary N) is 1. The van der Waals surface area contributed by atoms with Crippen molar-refractivity contribution in [3.63, 3.8) is 0 Å². The molecule has 1 rings (SSSR count). The van der Waals surface area contributed by atoms with E-state index in [1.54, 1.807) is 10.9 Å². The van der Waals surface area contributed by atoms with Crippen LogP contribution in [0, 0.1) is 0 Å². The van der Waals surface area contributed by atoms with Crippen LogP contribution in [0.5, 0.6) is 0 Å². The molecular weight excluding hydrogens is 206 g/mol. The number of anilines is 1.